The summed E-state index contributed by atoms with van der Waals surface area (Å²) in [5.41, 5.74) is 2.82. The summed E-state index contributed by atoms with van der Waals surface area (Å²) in [6, 6.07) is 17.6. The van der Waals surface area contributed by atoms with Gasteiger partial charge in [-0.25, -0.2) is 9.78 Å². The lowest BCUT2D eigenvalue weighted by Crippen LogP contribution is -2.46. The molecular formula is C22H25N3O3. The number of aliphatic hydroxyl groups is 1. The van der Waals surface area contributed by atoms with Crippen LogP contribution in [0.1, 0.15) is 30.7 Å². The second-order valence-corrected chi connectivity index (χ2v) is 7.17. The molecular weight excluding hydrogens is 354 g/mol. The van der Waals surface area contributed by atoms with Gasteiger partial charge in [-0.05, 0) is 37.0 Å². The lowest BCUT2D eigenvalue weighted by atomic mass is 10.0. The van der Waals surface area contributed by atoms with Crippen LogP contribution in [0.4, 0.5) is 4.79 Å². The van der Waals surface area contributed by atoms with Gasteiger partial charge in [0.05, 0.1) is 17.1 Å². The Bertz CT molecular complexity index is 939. The fourth-order valence-corrected chi connectivity index (χ4v) is 3.89. The van der Waals surface area contributed by atoms with Crippen LogP contribution < -0.4 is 0 Å². The third-order valence-electron chi connectivity index (χ3n) is 5.34. The van der Waals surface area contributed by atoms with Crippen molar-refractivity contribution in [2.24, 2.45) is 0 Å². The van der Waals surface area contributed by atoms with Gasteiger partial charge in [-0.15, -0.1) is 0 Å². The second kappa shape index (κ2) is 8.44. The van der Waals surface area contributed by atoms with Crippen molar-refractivity contribution in [3.05, 3.63) is 66.0 Å². The normalized spacial score (nSPS) is 17.0. The first-order chi connectivity index (χ1) is 13.8. The van der Waals surface area contributed by atoms with Crippen molar-refractivity contribution in [1.29, 1.82) is 0 Å². The first-order valence-corrected chi connectivity index (χ1v) is 9.78. The zero-order chi connectivity index (χ0) is 19.3. The molecule has 1 fully saturated rings. The number of amides is 1. The quantitative estimate of drug-likeness (QED) is 0.734. The third kappa shape index (κ3) is 3.87. The number of aromatic nitrogens is 2. The highest BCUT2D eigenvalue weighted by Gasteiger charge is 2.29. The van der Waals surface area contributed by atoms with Gasteiger partial charge in [-0.1, -0.05) is 42.5 Å². The van der Waals surface area contributed by atoms with Gasteiger partial charge in [0.2, 0.25) is 0 Å². The monoisotopic (exact) mass is 379 g/mol. The first-order valence-electron chi connectivity index (χ1n) is 9.78. The fraction of sp³-hybridized carbons (Fsp3) is 0.364. The molecule has 1 aliphatic rings. The minimum atomic E-state index is -0.275. The summed E-state index contributed by atoms with van der Waals surface area (Å²) >= 11 is 0. The van der Waals surface area contributed by atoms with Crippen LogP contribution in [0.3, 0.4) is 0 Å². The van der Waals surface area contributed by atoms with Crippen molar-refractivity contribution in [3.8, 4) is 0 Å². The molecule has 0 bridgehead atoms. The molecule has 1 aliphatic heterocycles. The molecule has 0 saturated carbocycles. The SMILES string of the molecule is O=C(OCc1ccccc1)N1CCCC[C@@H]1Cn1c(CO)nc2ccccc21. The molecule has 2 aromatic carbocycles. The highest BCUT2D eigenvalue weighted by atomic mass is 16.6. The Balaban J connectivity index is 1.50. The van der Waals surface area contributed by atoms with Crippen LogP contribution in [0, 0.1) is 0 Å². The van der Waals surface area contributed by atoms with Crippen LogP contribution in [-0.2, 0) is 24.5 Å². The summed E-state index contributed by atoms with van der Waals surface area (Å²) in [5, 5.41) is 9.75. The van der Waals surface area contributed by atoms with Gasteiger partial charge in [0, 0.05) is 13.1 Å². The smallest absolute Gasteiger partial charge is 0.410 e. The number of fused-ring (bicyclic) bond motifs is 1. The van der Waals surface area contributed by atoms with Gasteiger partial charge in [0.15, 0.2) is 0 Å². The molecule has 1 amide bonds. The molecule has 28 heavy (non-hydrogen) atoms. The number of nitrogens with zero attached hydrogens (tertiary/aromatic N) is 3. The molecule has 2 heterocycles. The third-order valence-corrected chi connectivity index (χ3v) is 5.34. The van der Waals surface area contributed by atoms with Gasteiger partial charge in [-0.3, -0.25) is 0 Å². The van der Waals surface area contributed by atoms with Gasteiger partial charge >= 0.3 is 6.09 Å². The van der Waals surface area contributed by atoms with Gasteiger partial charge < -0.3 is 19.3 Å². The zero-order valence-electron chi connectivity index (χ0n) is 15.8. The second-order valence-electron chi connectivity index (χ2n) is 7.17. The number of aliphatic hydroxyl groups excluding tert-OH is 1. The van der Waals surface area contributed by atoms with Crippen LogP contribution in [0.2, 0.25) is 0 Å². The molecule has 6 heteroatoms. The number of carbonyl (C=O) groups excluding carboxylic acids is 1. The van der Waals surface area contributed by atoms with Crippen molar-refractivity contribution in [2.75, 3.05) is 6.54 Å². The average molecular weight is 379 g/mol. The maximum atomic E-state index is 12.8. The van der Waals surface area contributed by atoms with E-state index in [0.717, 1.165) is 35.9 Å². The number of ether oxygens (including phenoxy) is 1. The number of benzene rings is 2. The number of hydrogen-bond donors (Lipinski definition) is 1. The summed E-state index contributed by atoms with van der Waals surface area (Å²) in [5.74, 6) is 0.629. The highest BCUT2D eigenvalue weighted by molar-refractivity contribution is 5.76. The Kier molecular flexibility index (Phi) is 5.58. The summed E-state index contributed by atoms with van der Waals surface area (Å²) < 4.78 is 7.60. The molecule has 146 valence electrons. The molecule has 0 radical (unpaired) electrons. The van der Waals surface area contributed by atoms with E-state index in [-0.39, 0.29) is 25.3 Å². The Morgan fingerprint density at radius 3 is 2.71 bits per heavy atom. The van der Waals surface area contributed by atoms with Crippen LogP contribution in [0.15, 0.2) is 54.6 Å². The minimum absolute atomic E-state index is 0.0277. The number of hydrogen-bond acceptors (Lipinski definition) is 4. The number of imidazole rings is 1. The maximum Gasteiger partial charge on any atom is 0.410 e. The van der Waals surface area contributed by atoms with Gasteiger partial charge in [-0.2, -0.15) is 0 Å². The van der Waals surface area contributed by atoms with E-state index in [2.05, 4.69) is 4.98 Å². The van der Waals surface area contributed by atoms with E-state index in [1.807, 2.05) is 64.1 Å². The number of para-hydroxylation sites is 2. The maximum absolute atomic E-state index is 12.8. The van der Waals surface area contributed by atoms with Crippen LogP contribution >= 0.6 is 0 Å². The van der Waals surface area contributed by atoms with Crippen molar-refractivity contribution in [3.63, 3.8) is 0 Å². The summed E-state index contributed by atoms with van der Waals surface area (Å²) in [6.45, 7) is 1.45. The standard InChI is InChI=1S/C22H25N3O3/c26-15-21-23-19-11-4-5-12-20(19)25(21)14-18-10-6-7-13-24(18)22(27)28-16-17-8-2-1-3-9-17/h1-5,8-9,11-12,18,26H,6-7,10,13-16H2/t18-/m1/s1. The number of rotatable bonds is 5. The fourth-order valence-electron chi connectivity index (χ4n) is 3.89. The molecule has 1 atom stereocenters. The van der Waals surface area contributed by atoms with E-state index in [1.165, 1.54) is 0 Å². The van der Waals surface area contributed by atoms with E-state index in [1.54, 1.807) is 0 Å². The van der Waals surface area contributed by atoms with E-state index in [9.17, 15) is 9.90 Å². The topological polar surface area (TPSA) is 67.6 Å². The predicted octanol–water partition coefficient (Wildman–Crippen LogP) is 3.72. The summed E-state index contributed by atoms with van der Waals surface area (Å²) in [4.78, 5) is 19.1. The van der Waals surface area contributed by atoms with E-state index < -0.39 is 0 Å². The molecule has 1 N–H and O–H groups in total. The molecule has 0 spiro atoms. The number of carbonyl (C=O) groups is 1. The highest BCUT2D eigenvalue weighted by Crippen LogP contribution is 2.23. The predicted molar refractivity (Wildman–Crippen MR) is 107 cm³/mol. The van der Waals surface area contributed by atoms with Gasteiger partial charge in [0.1, 0.15) is 19.0 Å². The Morgan fingerprint density at radius 1 is 1.11 bits per heavy atom. The Hall–Kier alpha value is -2.86. The van der Waals surface area contributed by atoms with Crippen molar-refractivity contribution >= 4 is 17.1 Å². The largest absolute Gasteiger partial charge is 0.445 e. The minimum Gasteiger partial charge on any atom is -0.445 e. The zero-order valence-corrected chi connectivity index (χ0v) is 15.8. The van der Waals surface area contributed by atoms with E-state index in [0.29, 0.717) is 18.9 Å². The lowest BCUT2D eigenvalue weighted by Gasteiger charge is -2.35. The summed E-state index contributed by atoms with van der Waals surface area (Å²) in [6.07, 6.45) is 2.70. The first kappa shape index (κ1) is 18.5. The van der Waals surface area contributed by atoms with Crippen LogP contribution in [0.5, 0.6) is 0 Å². The number of piperidine rings is 1. The van der Waals surface area contributed by atoms with Crippen LogP contribution in [-0.4, -0.2) is 38.2 Å². The lowest BCUT2D eigenvalue weighted by molar-refractivity contribution is 0.0636. The van der Waals surface area contributed by atoms with Crippen molar-refractivity contribution in [2.45, 2.75) is 45.1 Å². The van der Waals surface area contributed by atoms with Gasteiger partial charge in [0.25, 0.3) is 0 Å². The van der Waals surface area contributed by atoms with E-state index >= 15 is 0 Å². The molecule has 1 saturated heterocycles. The van der Waals surface area contributed by atoms with Crippen molar-refractivity contribution in [1.82, 2.24) is 14.5 Å². The molecule has 0 unspecified atom stereocenters. The summed E-state index contributed by atoms with van der Waals surface area (Å²) in [7, 11) is 0. The Labute approximate surface area is 164 Å². The van der Waals surface area contributed by atoms with Crippen LogP contribution in [0.25, 0.3) is 11.0 Å². The molecule has 6 nitrogen and oxygen atoms in total. The molecule has 3 aromatic rings. The average Bonchev–Trinajstić information content (AvgIpc) is 3.11. The molecule has 4 rings (SSSR count). The van der Waals surface area contributed by atoms with E-state index in [4.69, 9.17) is 4.74 Å². The molecule has 1 aromatic heterocycles. The molecule has 0 aliphatic carbocycles. The number of likely N-dealkylation sites (tertiary alicyclic amines) is 1. The Morgan fingerprint density at radius 2 is 1.89 bits per heavy atom. The van der Waals surface area contributed by atoms with Crippen molar-refractivity contribution < 1.29 is 14.6 Å².